The quantitative estimate of drug-likeness (QED) is 0.707. The highest BCUT2D eigenvalue weighted by Gasteiger charge is 2.36. The van der Waals surface area contributed by atoms with Gasteiger partial charge in [0.1, 0.15) is 0 Å². The predicted molar refractivity (Wildman–Crippen MR) is 50.0 cm³/mol. The van der Waals surface area contributed by atoms with Crippen LogP contribution in [-0.2, 0) is 0 Å². The van der Waals surface area contributed by atoms with Gasteiger partial charge in [-0.25, -0.2) is 8.78 Å². The van der Waals surface area contributed by atoms with E-state index in [1.165, 1.54) is 6.42 Å². The third kappa shape index (κ3) is 3.22. The number of alkyl halides is 2. The average molecular weight is 191 g/mol. The Balaban J connectivity index is 2.48. The van der Waals surface area contributed by atoms with Crippen molar-refractivity contribution in [3.05, 3.63) is 0 Å². The highest BCUT2D eigenvalue weighted by atomic mass is 19.3. The first-order chi connectivity index (χ1) is 6.02. The molecule has 1 nitrogen and oxygen atoms in total. The lowest BCUT2D eigenvalue weighted by atomic mass is 9.92. The molecule has 2 unspecified atom stereocenters. The maximum atomic E-state index is 13.0. The van der Waals surface area contributed by atoms with Crippen molar-refractivity contribution in [2.75, 3.05) is 6.54 Å². The lowest BCUT2D eigenvalue weighted by Gasteiger charge is -2.28. The Morgan fingerprint density at radius 3 is 2.62 bits per heavy atom. The molecule has 2 atom stereocenters. The smallest absolute Gasteiger partial charge is 0.249 e. The van der Waals surface area contributed by atoms with Gasteiger partial charge in [0.25, 0.3) is 0 Å². The van der Waals surface area contributed by atoms with Gasteiger partial charge in [0, 0.05) is 12.0 Å². The molecule has 1 rings (SSSR count). The Labute approximate surface area is 78.9 Å². The molecular formula is C10H19F2N. The van der Waals surface area contributed by atoms with E-state index >= 15 is 0 Å². The van der Waals surface area contributed by atoms with Crippen molar-refractivity contribution < 1.29 is 8.78 Å². The van der Waals surface area contributed by atoms with Gasteiger partial charge in [0.05, 0.1) is 0 Å². The van der Waals surface area contributed by atoms with Crippen LogP contribution in [0.25, 0.3) is 0 Å². The Morgan fingerprint density at radius 1 is 1.31 bits per heavy atom. The molecule has 1 heterocycles. The highest BCUT2D eigenvalue weighted by Crippen LogP contribution is 2.29. The summed E-state index contributed by atoms with van der Waals surface area (Å²) in [6.45, 7) is 3.55. The van der Waals surface area contributed by atoms with Gasteiger partial charge < -0.3 is 5.32 Å². The fourth-order valence-corrected chi connectivity index (χ4v) is 1.84. The number of halogens is 2. The second-order valence-corrected chi connectivity index (χ2v) is 4.15. The molecule has 1 saturated heterocycles. The topological polar surface area (TPSA) is 12.0 Å². The number of rotatable bonds is 2. The summed E-state index contributed by atoms with van der Waals surface area (Å²) in [5.74, 6) is -3.10. The van der Waals surface area contributed by atoms with Crippen LogP contribution in [0.3, 0.4) is 0 Å². The van der Waals surface area contributed by atoms with Crippen LogP contribution in [-0.4, -0.2) is 18.5 Å². The zero-order valence-electron chi connectivity index (χ0n) is 8.45. The molecule has 0 amide bonds. The van der Waals surface area contributed by atoms with Gasteiger partial charge in [0.2, 0.25) is 5.92 Å². The monoisotopic (exact) mass is 191 g/mol. The van der Waals surface area contributed by atoms with E-state index in [1.807, 2.05) is 0 Å². The summed E-state index contributed by atoms with van der Waals surface area (Å²) in [7, 11) is 0. The van der Waals surface area contributed by atoms with Crippen LogP contribution in [0.15, 0.2) is 0 Å². The summed E-state index contributed by atoms with van der Waals surface area (Å²) in [4.78, 5) is 0. The second kappa shape index (κ2) is 4.36. The zero-order chi connectivity index (χ0) is 9.90. The molecule has 0 bridgehead atoms. The second-order valence-electron chi connectivity index (χ2n) is 4.15. The van der Waals surface area contributed by atoms with Crippen molar-refractivity contribution in [3.8, 4) is 0 Å². The van der Waals surface area contributed by atoms with E-state index < -0.39 is 11.8 Å². The molecule has 0 aromatic rings. The normalized spacial score (nSPS) is 28.2. The van der Waals surface area contributed by atoms with Crippen LogP contribution < -0.4 is 5.32 Å². The van der Waals surface area contributed by atoms with Crippen LogP contribution in [0.4, 0.5) is 8.78 Å². The third-order valence-corrected chi connectivity index (χ3v) is 3.00. The van der Waals surface area contributed by atoms with E-state index in [2.05, 4.69) is 5.32 Å². The average Bonchev–Trinajstić information content (AvgIpc) is 2.28. The summed E-state index contributed by atoms with van der Waals surface area (Å²) in [5, 5.41) is 3.21. The van der Waals surface area contributed by atoms with E-state index in [1.54, 1.807) is 6.92 Å². The van der Waals surface area contributed by atoms with E-state index in [0.29, 0.717) is 0 Å². The van der Waals surface area contributed by atoms with Gasteiger partial charge in [-0.3, -0.25) is 0 Å². The highest BCUT2D eigenvalue weighted by molar-refractivity contribution is 4.82. The molecule has 1 aliphatic heterocycles. The minimum atomic E-state index is -2.55. The van der Waals surface area contributed by atoms with Gasteiger partial charge in [0.15, 0.2) is 0 Å². The third-order valence-electron chi connectivity index (χ3n) is 3.00. The first-order valence-electron chi connectivity index (χ1n) is 5.13. The summed E-state index contributed by atoms with van der Waals surface area (Å²) < 4.78 is 26.0. The molecule has 0 saturated carbocycles. The van der Waals surface area contributed by atoms with Crippen molar-refractivity contribution >= 4 is 0 Å². The largest absolute Gasteiger partial charge is 0.313 e. The number of hydrogen-bond acceptors (Lipinski definition) is 1. The lowest BCUT2D eigenvalue weighted by Crippen LogP contribution is -2.41. The van der Waals surface area contributed by atoms with Gasteiger partial charge >= 0.3 is 0 Å². The van der Waals surface area contributed by atoms with Crippen molar-refractivity contribution in [2.45, 2.75) is 51.5 Å². The molecule has 1 aliphatic rings. The van der Waals surface area contributed by atoms with Crippen LogP contribution in [0, 0.1) is 5.92 Å². The fraction of sp³-hybridized carbons (Fsp3) is 1.00. The molecule has 0 aliphatic carbocycles. The van der Waals surface area contributed by atoms with Crippen LogP contribution in [0.1, 0.15) is 39.5 Å². The first-order valence-corrected chi connectivity index (χ1v) is 5.13. The molecule has 78 valence electrons. The molecule has 0 aromatic heterocycles. The van der Waals surface area contributed by atoms with Crippen LogP contribution in [0.2, 0.25) is 0 Å². The van der Waals surface area contributed by atoms with Crippen LogP contribution in [0.5, 0.6) is 0 Å². The molecule has 0 aromatic carbocycles. The molecule has 1 N–H and O–H groups in total. The number of nitrogens with one attached hydrogen (secondary N) is 1. The van der Waals surface area contributed by atoms with E-state index in [9.17, 15) is 8.78 Å². The molecular weight excluding hydrogens is 172 g/mol. The molecule has 3 heteroatoms. The van der Waals surface area contributed by atoms with E-state index in [-0.39, 0.29) is 6.04 Å². The number of hydrogen-bond donors (Lipinski definition) is 1. The maximum Gasteiger partial charge on any atom is 0.249 e. The molecule has 1 fully saturated rings. The summed E-state index contributed by atoms with van der Waals surface area (Å²) >= 11 is 0. The standard InChI is InChI=1S/C10H19F2N/c1-8(10(2,11)12)9-6-4-3-5-7-13-9/h8-9,13H,3-7H2,1-2H3. The van der Waals surface area contributed by atoms with Gasteiger partial charge in [-0.05, 0) is 26.3 Å². The summed E-state index contributed by atoms with van der Waals surface area (Å²) in [6, 6.07) is 0.00231. The SMILES string of the molecule is CC(C1CCCCCN1)C(C)(F)F. The van der Waals surface area contributed by atoms with Crippen LogP contribution >= 0.6 is 0 Å². The molecule has 0 spiro atoms. The predicted octanol–water partition coefficient (Wildman–Crippen LogP) is 2.81. The molecule has 0 radical (unpaired) electrons. The van der Waals surface area contributed by atoms with Crippen molar-refractivity contribution in [3.63, 3.8) is 0 Å². The fourth-order valence-electron chi connectivity index (χ4n) is 1.84. The maximum absolute atomic E-state index is 13.0. The Morgan fingerprint density at radius 2 is 2.00 bits per heavy atom. The lowest BCUT2D eigenvalue weighted by molar-refractivity contribution is -0.0467. The Bertz CT molecular complexity index is 145. The zero-order valence-corrected chi connectivity index (χ0v) is 8.45. The van der Waals surface area contributed by atoms with E-state index in [4.69, 9.17) is 0 Å². The van der Waals surface area contributed by atoms with Crippen molar-refractivity contribution in [1.29, 1.82) is 0 Å². The summed E-state index contributed by atoms with van der Waals surface area (Å²) in [6.07, 6.45) is 4.27. The minimum Gasteiger partial charge on any atom is -0.313 e. The van der Waals surface area contributed by atoms with Gasteiger partial charge in [-0.1, -0.05) is 19.8 Å². The van der Waals surface area contributed by atoms with E-state index in [0.717, 1.165) is 32.7 Å². The molecule has 13 heavy (non-hydrogen) atoms. The van der Waals surface area contributed by atoms with Gasteiger partial charge in [-0.15, -0.1) is 0 Å². The Kier molecular flexibility index (Phi) is 3.65. The van der Waals surface area contributed by atoms with Gasteiger partial charge in [-0.2, -0.15) is 0 Å². The summed E-state index contributed by atoms with van der Waals surface area (Å²) in [5.41, 5.74) is 0. The van der Waals surface area contributed by atoms with Crippen molar-refractivity contribution in [2.24, 2.45) is 5.92 Å². The van der Waals surface area contributed by atoms with Crippen molar-refractivity contribution in [1.82, 2.24) is 5.32 Å². The first kappa shape index (κ1) is 10.9. The Hall–Kier alpha value is -0.180. The minimum absolute atomic E-state index is 0.00231.